The summed E-state index contributed by atoms with van der Waals surface area (Å²) in [5, 5.41) is 14.0. The fourth-order valence-corrected chi connectivity index (χ4v) is 3.50. The topological polar surface area (TPSA) is 92.4 Å². The second-order valence-electron chi connectivity index (χ2n) is 7.07. The van der Waals surface area contributed by atoms with Crippen LogP contribution in [0, 0.1) is 6.92 Å². The first-order valence-corrected chi connectivity index (χ1v) is 9.53. The van der Waals surface area contributed by atoms with Crippen molar-refractivity contribution in [2.45, 2.75) is 39.7 Å². The number of carbonyl (C=O) groups excluding carboxylic acids is 1. The third kappa shape index (κ3) is 3.56. The second-order valence-corrected chi connectivity index (χ2v) is 7.07. The number of anilines is 1. The Balaban J connectivity index is 1.87. The molecule has 0 bridgehead atoms. The van der Waals surface area contributed by atoms with Crippen LogP contribution in [-0.4, -0.2) is 30.4 Å². The minimum Gasteiger partial charge on any atom is -0.387 e. The number of hydrogen-bond acceptors (Lipinski definition) is 5. The van der Waals surface area contributed by atoms with Gasteiger partial charge in [-0.15, -0.1) is 0 Å². The van der Waals surface area contributed by atoms with E-state index in [2.05, 4.69) is 20.3 Å². The van der Waals surface area contributed by atoms with Gasteiger partial charge in [0.15, 0.2) is 0 Å². The van der Waals surface area contributed by atoms with Crippen molar-refractivity contribution in [3.8, 4) is 11.1 Å². The number of aromatic nitrogens is 4. The maximum atomic E-state index is 11.4. The Morgan fingerprint density at radius 2 is 2.07 bits per heavy atom. The number of hydrogen-bond donors (Lipinski definition) is 2. The van der Waals surface area contributed by atoms with Crippen molar-refractivity contribution < 1.29 is 11.3 Å². The van der Waals surface area contributed by atoms with Crippen LogP contribution in [0.25, 0.3) is 27.7 Å². The number of fused-ring (bicyclic) bond motifs is 3. The zero-order valence-corrected chi connectivity index (χ0v) is 16.6. The average Bonchev–Trinajstić information content (AvgIpc) is 3.17. The number of nitrogens with zero attached hydrogens (tertiary/aromatic N) is 4. The number of pyridine rings is 3. The maximum absolute atomic E-state index is 11.4. The van der Waals surface area contributed by atoms with Gasteiger partial charge in [-0.25, -0.2) is 9.97 Å². The lowest BCUT2D eigenvalue weighted by Crippen LogP contribution is -2.07. The first kappa shape index (κ1) is 17.8. The minimum absolute atomic E-state index is 0.181. The Kier molecular flexibility index (Phi) is 4.65. The molecule has 0 aromatic carbocycles. The number of imidazole rings is 1. The Hall–Kier alpha value is -3.32. The summed E-state index contributed by atoms with van der Waals surface area (Å²) in [6.45, 7) is 5.31. The predicted octanol–water partition coefficient (Wildman–Crippen LogP) is 4.04. The molecule has 4 rings (SSSR count). The molecule has 0 aliphatic heterocycles. The van der Waals surface area contributed by atoms with Gasteiger partial charge in [-0.1, -0.05) is 13.3 Å². The van der Waals surface area contributed by atoms with E-state index in [1.54, 1.807) is 24.7 Å². The van der Waals surface area contributed by atoms with Gasteiger partial charge in [0, 0.05) is 54.3 Å². The van der Waals surface area contributed by atoms with Crippen LogP contribution in [0.3, 0.4) is 0 Å². The zero-order valence-electron chi connectivity index (χ0n) is 17.6. The van der Waals surface area contributed by atoms with Crippen LogP contribution in [0.1, 0.15) is 45.4 Å². The number of aliphatic hydroxyl groups is 1. The van der Waals surface area contributed by atoms with Crippen molar-refractivity contribution in [2.24, 2.45) is 0 Å². The molecule has 1 amide bonds. The lowest BCUT2D eigenvalue weighted by atomic mass is 10.00. The highest BCUT2D eigenvalue weighted by Gasteiger charge is 2.15. The van der Waals surface area contributed by atoms with Gasteiger partial charge >= 0.3 is 0 Å². The SMILES string of the molecule is [2H][C@](O)(CCC)c1cc(C)c(-c2cc3cnc(NC(C)=O)cc3n3ccnc23)cn1. The standard InChI is InChI=1S/C22H23N5O2/c1-4-5-20(29)18-8-13(2)17(12-24-18)16-9-15-11-25-21(26-14(3)28)10-19(15)27-7-6-23-22(16)27/h6-12,20,29H,4-5H2,1-3H3,(H,25,26,28)/t20-/m0/s1/i20D. The summed E-state index contributed by atoms with van der Waals surface area (Å²) < 4.78 is 10.1. The summed E-state index contributed by atoms with van der Waals surface area (Å²) >= 11 is 0. The van der Waals surface area contributed by atoms with Crippen molar-refractivity contribution >= 4 is 28.3 Å². The molecule has 1 atom stereocenters. The van der Waals surface area contributed by atoms with Gasteiger partial charge in [0.25, 0.3) is 0 Å². The Bertz CT molecular complexity index is 1270. The average molecular weight is 390 g/mol. The van der Waals surface area contributed by atoms with E-state index in [0.29, 0.717) is 24.4 Å². The van der Waals surface area contributed by atoms with Gasteiger partial charge < -0.3 is 10.4 Å². The summed E-state index contributed by atoms with van der Waals surface area (Å²) in [5.41, 5.74) is 4.60. The van der Waals surface area contributed by atoms with Gasteiger partial charge in [0.2, 0.25) is 5.91 Å². The van der Waals surface area contributed by atoms with Crippen LogP contribution in [0.4, 0.5) is 5.82 Å². The molecule has 2 N–H and O–H groups in total. The number of amides is 1. The van der Waals surface area contributed by atoms with Crippen LogP contribution in [0.5, 0.6) is 0 Å². The summed E-state index contributed by atoms with van der Waals surface area (Å²) in [4.78, 5) is 24.6. The van der Waals surface area contributed by atoms with E-state index >= 15 is 0 Å². The number of nitrogens with one attached hydrogen (secondary N) is 1. The molecule has 0 spiro atoms. The van der Waals surface area contributed by atoms with E-state index in [9.17, 15) is 9.90 Å². The molecule has 7 heteroatoms. The molecule has 4 aromatic heterocycles. The van der Waals surface area contributed by atoms with E-state index in [1.807, 2.05) is 36.6 Å². The highest BCUT2D eigenvalue weighted by atomic mass is 16.3. The highest BCUT2D eigenvalue weighted by molar-refractivity contribution is 5.95. The Labute approximate surface area is 169 Å². The minimum atomic E-state index is -1.70. The van der Waals surface area contributed by atoms with Gasteiger partial charge in [-0.05, 0) is 31.0 Å². The van der Waals surface area contributed by atoms with E-state index in [0.717, 1.165) is 33.2 Å². The summed E-state index contributed by atoms with van der Waals surface area (Å²) in [7, 11) is 0. The largest absolute Gasteiger partial charge is 0.387 e. The maximum Gasteiger partial charge on any atom is 0.222 e. The molecule has 0 saturated carbocycles. The monoisotopic (exact) mass is 390 g/mol. The number of rotatable bonds is 5. The van der Waals surface area contributed by atoms with Crippen molar-refractivity contribution in [1.82, 2.24) is 19.4 Å². The Morgan fingerprint density at radius 3 is 2.79 bits per heavy atom. The van der Waals surface area contributed by atoms with E-state index in [1.165, 1.54) is 6.92 Å². The van der Waals surface area contributed by atoms with Crippen molar-refractivity contribution in [3.05, 3.63) is 54.2 Å². The van der Waals surface area contributed by atoms with Crippen LogP contribution in [0.2, 0.25) is 0 Å². The summed E-state index contributed by atoms with van der Waals surface area (Å²) in [6, 6.07) is 5.57. The molecule has 0 aliphatic carbocycles. The van der Waals surface area contributed by atoms with Crippen molar-refractivity contribution in [3.63, 3.8) is 0 Å². The van der Waals surface area contributed by atoms with E-state index in [4.69, 9.17) is 1.37 Å². The second kappa shape index (κ2) is 7.60. The smallest absolute Gasteiger partial charge is 0.222 e. The zero-order chi connectivity index (χ0) is 21.5. The molecule has 0 aliphatic rings. The fourth-order valence-electron chi connectivity index (χ4n) is 3.50. The first-order chi connectivity index (χ1) is 14.3. The highest BCUT2D eigenvalue weighted by Crippen LogP contribution is 2.32. The van der Waals surface area contributed by atoms with Gasteiger partial charge in [-0.2, -0.15) is 0 Å². The molecule has 148 valence electrons. The molecule has 29 heavy (non-hydrogen) atoms. The molecule has 7 nitrogen and oxygen atoms in total. The molecular formula is C22H23N5O2. The third-order valence-electron chi connectivity index (χ3n) is 4.84. The lowest BCUT2D eigenvalue weighted by Gasteiger charge is -2.14. The predicted molar refractivity (Wildman–Crippen MR) is 113 cm³/mol. The third-order valence-corrected chi connectivity index (χ3v) is 4.84. The van der Waals surface area contributed by atoms with Crippen LogP contribution in [0.15, 0.2) is 43.0 Å². The van der Waals surface area contributed by atoms with Crippen LogP contribution < -0.4 is 5.32 Å². The summed E-state index contributed by atoms with van der Waals surface area (Å²) in [5.74, 6) is 0.296. The van der Waals surface area contributed by atoms with Crippen molar-refractivity contribution in [2.75, 3.05) is 5.32 Å². The van der Waals surface area contributed by atoms with Crippen LogP contribution in [-0.2, 0) is 4.79 Å². The Morgan fingerprint density at radius 1 is 1.24 bits per heavy atom. The van der Waals surface area contributed by atoms with Crippen molar-refractivity contribution in [1.29, 1.82) is 0 Å². The molecule has 0 fully saturated rings. The molecular weight excluding hydrogens is 366 g/mol. The lowest BCUT2D eigenvalue weighted by molar-refractivity contribution is -0.114. The van der Waals surface area contributed by atoms with E-state index in [-0.39, 0.29) is 5.91 Å². The molecule has 4 heterocycles. The van der Waals surface area contributed by atoms with Gasteiger partial charge in [0.1, 0.15) is 11.5 Å². The molecule has 4 aromatic rings. The number of carbonyl (C=O) groups is 1. The first-order valence-electron chi connectivity index (χ1n) is 10.0. The molecule has 0 radical (unpaired) electrons. The quantitative estimate of drug-likeness (QED) is 0.536. The van der Waals surface area contributed by atoms with Gasteiger partial charge in [0.05, 0.1) is 18.7 Å². The van der Waals surface area contributed by atoms with E-state index < -0.39 is 6.08 Å². The van der Waals surface area contributed by atoms with Gasteiger partial charge in [-0.3, -0.25) is 14.2 Å². The van der Waals surface area contributed by atoms with Crippen LogP contribution >= 0.6 is 0 Å². The summed E-state index contributed by atoms with van der Waals surface area (Å²) in [6.07, 6.45) is 6.29. The normalized spacial score (nSPS) is 14.0. The number of aryl methyl sites for hydroxylation is 1. The molecule has 0 saturated heterocycles. The molecule has 0 unspecified atom stereocenters. The fraction of sp³-hybridized carbons (Fsp3) is 0.273.